The van der Waals surface area contributed by atoms with Crippen LogP contribution in [0.2, 0.25) is 0 Å². The van der Waals surface area contributed by atoms with Crippen molar-refractivity contribution in [2.24, 2.45) is 0 Å². The highest BCUT2D eigenvalue weighted by Crippen LogP contribution is 1.98. The quantitative estimate of drug-likeness (QED) is 0.820. The fourth-order valence-corrected chi connectivity index (χ4v) is 1.53. The molecule has 0 aliphatic heterocycles. The molecule has 0 aliphatic carbocycles. The van der Waals surface area contributed by atoms with Crippen LogP contribution in [0.5, 0.6) is 0 Å². The molecule has 0 atom stereocenters. The summed E-state index contributed by atoms with van der Waals surface area (Å²) < 4.78 is 3.20. The van der Waals surface area contributed by atoms with E-state index in [1.807, 2.05) is 19.2 Å². The van der Waals surface area contributed by atoms with E-state index in [2.05, 4.69) is 15.5 Å². The van der Waals surface area contributed by atoms with Gasteiger partial charge in [0.15, 0.2) is 0 Å². The predicted molar refractivity (Wildman–Crippen MR) is 64.9 cm³/mol. The second-order valence-corrected chi connectivity index (χ2v) is 3.61. The van der Waals surface area contributed by atoms with E-state index in [1.165, 1.54) is 4.68 Å². The zero-order chi connectivity index (χ0) is 12.1. The summed E-state index contributed by atoms with van der Waals surface area (Å²) in [5.41, 5.74) is 0.656. The topological polar surface area (TPSA) is 64.7 Å². The molecule has 0 aliphatic rings. The van der Waals surface area contributed by atoms with Crippen molar-refractivity contribution in [3.63, 3.8) is 0 Å². The van der Waals surface area contributed by atoms with Crippen molar-refractivity contribution in [2.45, 2.75) is 20.0 Å². The minimum atomic E-state index is -0.101. The van der Waals surface area contributed by atoms with Gasteiger partial charge in [0.1, 0.15) is 0 Å². The first-order valence-electron chi connectivity index (χ1n) is 5.58. The molecule has 0 aromatic carbocycles. The Bertz CT molecular complexity index is 517. The third-order valence-electron chi connectivity index (χ3n) is 2.35. The molecule has 2 aromatic rings. The van der Waals surface area contributed by atoms with Gasteiger partial charge in [-0.25, -0.2) is 4.68 Å². The normalized spacial score (nSPS) is 10.4. The average molecular weight is 233 g/mol. The maximum absolute atomic E-state index is 11.7. The summed E-state index contributed by atoms with van der Waals surface area (Å²) >= 11 is 0. The summed E-state index contributed by atoms with van der Waals surface area (Å²) in [4.78, 5) is 11.7. The summed E-state index contributed by atoms with van der Waals surface area (Å²) in [5.74, 6) is 0. The lowest BCUT2D eigenvalue weighted by Gasteiger charge is -2.06. The summed E-state index contributed by atoms with van der Waals surface area (Å²) in [7, 11) is 0. The number of rotatable bonds is 5. The molecule has 2 aromatic heterocycles. The Balaban J connectivity index is 2.04. The van der Waals surface area contributed by atoms with E-state index < -0.39 is 0 Å². The fourth-order valence-electron chi connectivity index (χ4n) is 1.53. The van der Waals surface area contributed by atoms with Crippen LogP contribution in [0.25, 0.3) is 0 Å². The highest BCUT2D eigenvalue weighted by Gasteiger charge is 1.99. The Morgan fingerprint density at radius 3 is 2.88 bits per heavy atom. The molecule has 6 nitrogen and oxygen atoms in total. The van der Waals surface area contributed by atoms with E-state index in [4.69, 9.17) is 0 Å². The van der Waals surface area contributed by atoms with Crippen LogP contribution in [-0.2, 0) is 13.1 Å². The predicted octanol–water partition coefficient (Wildman–Crippen LogP) is 0.572. The summed E-state index contributed by atoms with van der Waals surface area (Å²) in [6, 6.07) is 3.41. The molecule has 0 amide bonds. The maximum atomic E-state index is 11.7. The Labute approximate surface area is 98.9 Å². The summed E-state index contributed by atoms with van der Waals surface area (Å²) in [6.07, 6.45) is 5.23. The standard InChI is InChI=1S/C11H15N5O/c1-2-12-10-8-11(17)16(14-9-10)7-6-15-5-3-4-13-15/h3-5,8-9,12H,2,6-7H2,1H3. The molecule has 0 bridgehead atoms. The molecule has 0 saturated carbocycles. The van der Waals surface area contributed by atoms with Crippen molar-refractivity contribution >= 4 is 5.69 Å². The molecule has 2 rings (SSSR count). The van der Waals surface area contributed by atoms with Crippen molar-refractivity contribution in [1.29, 1.82) is 0 Å². The zero-order valence-corrected chi connectivity index (χ0v) is 9.71. The average Bonchev–Trinajstić information content (AvgIpc) is 2.81. The molecule has 0 unspecified atom stereocenters. The van der Waals surface area contributed by atoms with Crippen molar-refractivity contribution < 1.29 is 0 Å². The molecular formula is C11H15N5O. The van der Waals surface area contributed by atoms with Gasteiger partial charge in [-0.05, 0) is 13.0 Å². The Morgan fingerprint density at radius 1 is 1.35 bits per heavy atom. The first-order valence-corrected chi connectivity index (χ1v) is 5.58. The number of nitrogens with one attached hydrogen (secondary N) is 1. The number of hydrogen-bond donors (Lipinski definition) is 1. The van der Waals surface area contributed by atoms with Crippen LogP contribution in [-0.4, -0.2) is 26.1 Å². The minimum Gasteiger partial charge on any atom is -0.384 e. The van der Waals surface area contributed by atoms with E-state index in [0.717, 1.165) is 12.2 Å². The Hall–Kier alpha value is -2.11. The number of anilines is 1. The van der Waals surface area contributed by atoms with Crippen LogP contribution >= 0.6 is 0 Å². The molecule has 1 N–H and O–H groups in total. The molecule has 0 fully saturated rings. The highest BCUT2D eigenvalue weighted by atomic mass is 16.1. The molecule has 0 saturated heterocycles. The molecule has 0 spiro atoms. The first kappa shape index (κ1) is 11.4. The third kappa shape index (κ3) is 2.93. The molecule has 17 heavy (non-hydrogen) atoms. The molecule has 6 heteroatoms. The lowest BCUT2D eigenvalue weighted by Crippen LogP contribution is -2.24. The van der Waals surface area contributed by atoms with Gasteiger partial charge in [-0.3, -0.25) is 9.48 Å². The van der Waals surface area contributed by atoms with Crippen molar-refractivity contribution in [3.8, 4) is 0 Å². The summed E-state index contributed by atoms with van der Waals surface area (Å²) in [6.45, 7) is 3.91. The number of nitrogens with zero attached hydrogens (tertiary/aromatic N) is 4. The monoisotopic (exact) mass is 233 g/mol. The van der Waals surface area contributed by atoms with Gasteiger partial charge in [0.05, 0.1) is 25.0 Å². The van der Waals surface area contributed by atoms with Crippen LogP contribution in [0.3, 0.4) is 0 Å². The highest BCUT2D eigenvalue weighted by molar-refractivity contribution is 5.38. The lowest BCUT2D eigenvalue weighted by molar-refractivity contribution is 0.483. The molecule has 90 valence electrons. The van der Waals surface area contributed by atoms with E-state index in [9.17, 15) is 4.79 Å². The van der Waals surface area contributed by atoms with E-state index in [-0.39, 0.29) is 5.56 Å². The smallest absolute Gasteiger partial charge is 0.268 e. The first-order chi connectivity index (χ1) is 8.29. The fraction of sp³-hybridized carbons (Fsp3) is 0.364. The van der Waals surface area contributed by atoms with Gasteiger partial charge in [-0.2, -0.15) is 10.2 Å². The summed E-state index contributed by atoms with van der Waals surface area (Å²) in [5, 5.41) is 11.2. The van der Waals surface area contributed by atoms with Crippen LogP contribution in [0.4, 0.5) is 5.69 Å². The van der Waals surface area contributed by atoms with E-state index in [1.54, 1.807) is 23.1 Å². The molecular weight excluding hydrogens is 218 g/mol. The largest absolute Gasteiger partial charge is 0.384 e. The number of aromatic nitrogens is 4. The van der Waals surface area contributed by atoms with Crippen LogP contribution < -0.4 is 10.9 Å². The van der Waals surface area contributed by atoms with Crippen LogP contribution in [0, 0.1) is 0 Å². The lowest BCUT2D eigenvalue weighted by atomic mass is 10.4. The number of hydrogen-bond acceptors (Lipinski definition) is 4. The third-order valence-corrected chi connectivity index (χ3v) is 2.35. The zero-order valence-electron chi connectivity index (χ0n) is 9.71. The molecule has 2 heterocycles. The van der Waals surface area contributed by atoms with Crippen LogP contribution in [0.15, 0.2) is 35.5 Å². The minimum absolute atomic E-state index is 0.101. The Morgan fingerprint density at radius 2 is 2.24 bits per heavy atom. The van der Waals surface area contributed by atoms with E-state index >= 15 is 0 Å². The SMILES string of the molecule is CCNc1cnn(CCn2cccn2)c(=O)c1. The van der Waals surface area contributed by atoms with Crippen LogP contribution in [0.1, 0.15) is 6.92 Å². The Kier molecular flexibility index (Phi) is 3.54. The second-order valence-electron chi connectivity index (χ2n) is 3.61. The van der Waals surface area contributed by atoms with Gasteiger partial charge < -0.3 is 5.32 Å². The van der Waals surface area contributed by atoms with Gasteiger partial charge in [0, 0.05) is 25.0 Å². The molecule has 0 radical (unpaired) electrons. The van der Waals surface area contributed by atoms with Gasteiger partial charge >= 0.3 is 0 Å². The number of aryl methyl sites for hydroxylation is 2. The van der Waals surface area contributed by atoms with Gasteiger partial charge in [0.25, 0.3) is 5.56 Å². The van der Waals surface area contributed by atoms with Gasteiger partial charge in [-0.1, -0.05) is 0 Å². The maximum Gasteiger partial charge on any atom is 0.268 e. The van der Waals surface area contributed by atoms with E-state index in [0.29, 0.717) is 13.1 Å². The van der Waals surface area contributed by atoms with Crippen molar-refractivity contribution in [2.75, 3.05) is 11.9 Å². The van der Waals surface area contributed by atoms with Gasteiger partial charge in [-0.15, -0.1) is 0 Å². The van der Waals surface area contributed by atoms with Crippen molar-refractivity contribution in [3.05, 3.63) is 41.1 Å². The van der Waals surface area contributed by atoms with Crippen molar-refractivity contribution in [1.82, 2.24) is 19.6 Å². The van der Waals surface area contributed by atoms with Gasteiger partial charge in [0.2, 0.25) is 0 Å². The second kappa shape index (κ2) is 5.29.